The molecule has 0 spiro atoms. The standard InChI is InChI=1S/C16H23FN2.ClH/c1-2-16(12-3-5-15(17)6-4-12)19-8-7-13-9-18-10-14(13)11-19;/h3-6,13-14,16,18H,2,7-11H2,1H3;1H. The van der Waals surface area contributed by atoms with E-state index in [9.17, 15) is 4.39 Å². The number of likely N-dealkylation sites (tertiary alicyclic amines) is 1. The molecule has 2 nitrogen and oxygen atoms in total. The molecule has 112 valence electrons. The highest BCUT2D eigenvalue weighted by atomic mass is 35.5. The average Bonchev–Trinajstić information content (AvgIpc) is 2.89. The largest absolute Gasteiger partial charge is 0.316 e. The Labute approximate surface area is 127 Å². The third kappa shape index (κ3) is 3.16. The second-order valence-electron chi connectivity index (χ2n) is 5.94. The summed E-state index contributed by atoms with van der Waals surface area (Å²) in [6, 6.07) is 7.51. The maximum atomic E-state index is 13.1. The molecule has 3 atom stereocenters. The van der Waals surface area contributed by atoms with E-state index in [1.807, 2.05) is 12.1 Å². The Kier molecular flexibility index (Phi) is 5.42. The summed E-state index contributed by atoms with van der Waals surface area (Å²) in [6.45, 7) is 6.96. The molecule has 1 aromatic carbocycles. The molecule has 20 heavy (non-hydrogen) atoms. The van der Waals surface area contributed by atoms with Crippen molar-refractivity contribution in [3.8, 4) is 0 Å². The van der Waals surface area contributed by atoms with Crippen molar-refractivity contribution in [1.82, 2.24) is 10.2 Å². The predicted molar refractivity (Wildman–Crippen MR) is 82.7 cm³/mol. The van der Waals surface area contributed by atoms with Gasteiger partial charge in [-0.05, 0) is 62.0 Å². The SMILES string of the molecule is CCC(c1ccc(F)cc1)N1CCC2CNCC2C1.Cl. The second kappa shape index (κ2) is 6.88. The van der Waals surface area contributed by atoms with E-state index in [-0.39, 0.29) is 18.2 Å². The van der Waals surface area contributed by atoms with Crippen LogP contribution in [0.1, 0.15) is 31.4 Å². The van der Waals surface area contributed by atoms with E-state index in [2.05, 4.69) is 17.1 Å². The van der Waals surface area contributed by atoms with Crippen molar-refractivity contribution in [1.29, 1.82) is 0 Å². The zero-order valence-corrected chi connectivity index (χ0v) is 12.8. The molecule has 0 saturated carbocycles. The molecular weight excluding hydrogens is 275 g/mol. The number of benzene rings is 1. The highest BCUT2D eigenvalue weighted by Crippen LogP contribution is 2.33. The summed E-state index contributed by atoms with van der Waals surface area (Å²) in [5.41, 5.74) is 1.26. The van der Waals surface area contributed by atoms with Gasteiger partial charge in [0.2, 0.25) is 0 Å². The van der Waals surface area contributed by atoms with Crippen LogP contribution in [0.25, 0.3) is 0 Å². The van der Waals surface area contributed by atoms with Crippen LogP contribution in [0.4, 0.5) is 4.39 Å². The lowest BCUT2D eigenvalue weighted by molar-refractivity contribution is 0.101. The van der Waals surface area contributed by atoms with Gasteiger partial charge in [-0.15, -0.1) is 12.4 Å². The minimum Gasteiger partial charge on any atom is -0.316 e. The molecule has 3 unspecified atom stereocenters. The average molecular weight is 299 g/mol. The fraction of sp³-hybridized carbons (Fsp3) is 0.625. The molecule has 2 fully saturated rings. The number of fused-ring (bicyclic) bond motifs is 1. The van der Waals surface area contributed by atoms with E-state index in [1.165, 1.54) is 38.2 Å². The Balaban J connectivity index is 0.00000147. The molecule has 2 saturated heterocycles. The van der Waals surface area contributed by atoms with Crippen molar-refractivity contribution in [3.05, 3.63) is 35.6 Å². The molecule has 1 aromatic rings. The van der Waals surface area contributed by atoms with Gasteiger partial charge in [0.1, 0.15) is 5.82 Å². The highest BCUT2D eigenvalue weighted by Gasteiger charge is 2.35. The van der Waals surface area contributed by atoms with Gasteiger partial charge in [-0.25, -0.2) is 4.39 Å². The van der Waals surface area contributed by atoms with Crippen molar-refractivity contribution in [2.75, 3.05) is 26.2 Å². The van der Waals surface area contributed by atoms with Gasteiger partial charge in [-0.2, -0.15) is 0 Å². The first-order chi connectivity index (χ1) is 9.28. The normalized spacial score (nSPS) is 27.7. The Hall–Kier alpha value is -0.640. The lowest BCUT2D eigenvalue weighted by Gasteiger charge is -2.39. The molecule has 0 radical (unpaired) electrons. The van der Waals surface area contributed by atoms with Crippen LogP contribution >= 0.6 is 12.4 Å². The van der Waals surface area contributed by atoms with Crippen LogP contribution in [0.2, 0.25) is 0 Å². The summed E-state index contributed by atoms with van der Waals surface area (Å²) in [5.74, 6) is 1.54. The molecule has 0 aromatic heterocycles. The summed E-state index contributed by atoms with van der Waals surface area (Å²) >= 11 is 0. The lowest BCUT2D eigenvalue weighted by atomic mass is 9.87. The smallest absolute Gasteiger partial charge is 0.123 e. The molecule has 2 aliphatic rings. The molecule has 0 amide bonds. The molecule has 2 heterocycles. The van der Waals surface area contributed by atoms with Gasteiger partial charge >= 0.3 is 0 Å². The molecule has 1 N–H and O–H groups in total. The van der Waals surface area contributed by atoms with Gasteiger partial charge in [-0.3, -0.25) is 4.90 Å². The summed E-state index contributed by atoms with van der Waals surface area (Å²) in [6.07, 6.45) is 2.39. The van der Waals surface area contributed by atoms with E-state index in [0.29, 0.717) is 6.04 Å². The van der Waals surface area contributed by atoms with Gasteiger partial charge in [0, 0.05) is 12.6 Å². The number of halogens is 2. The minimum absolute atomic E-state index is 0. The fourth-order valence-electron chi connectivity index (χ4n) is 3.74. The van der Waals surface area contributed by atoms with E-state index < -0.39 is 0 Å². The van der Waals surface area contributed by atoms with Gasteiger partial charge in [0.05, 0.1) is 0 Å². The summed E-state index contributed by atoms with van der Waals surface area (Å²) in [5, 5.41) is 3.51. The van der Waals surface area contributed by atoms with Crippen molar-refractivity contribution in [2.24, 2.45) is 11.8 Å². The molecule has 3 rings (SSSR count). The van der Waals surface area contributed by atoms with Crippen LogP contribution in [0.3, 0.4) is 0 Å². The third-order valence-electron chi connectivity index (χ3n) is 4.82. The quantitative estimate of drug-likeness (QED) is 0.921. The van der Waals surface area contributed by atoms with Crippen LogP contribution in [-0.4, -0.2) is 31.1 Å². The summed E-state index contributed by atoms with van der Waals surface area (Å²) < 4.78 is 13.1. The third-order valence-corrected chi connectivity index (χ3v) is 4.82. The maximum Gasteiger partial charge on any atom is 0.123 e. The first kappa shape index (κ1) is 15.7. The zero-order valence-electron chi connectivity index (χ0n) is 12.0. The van der Waals surface area contributed by atoms with Crippen LogP contribution in [0.5, 0.6) is 0 Å². The lowest BCUT2D eigenvalue weighted by Crippen LogP contribution is -2.41. The van der Waals surface area contributed by atoms with Crippen molar-refractivity contribution >= 4 is 12.4 Å². The number of hydrogen-bond donors (Lipinski definition) is 1. The topological polar surface area (TPSA) is 15.3 Å². The Bertz CT molecular complexity index is 423. The van der Waals surface area contributed by atoms with Crippen molar-refractivity contribution in [2.45, 2.75) is 25.8 Å². The molecule has 0 bridgehead atoms. The summed E-state index contributed by atoms with van der Waals surface area (Å²) in [7, 11) is 0. The van der Waals surface area contributed by atoms with Crippen molar-refractivity contribution in [3.63, 3.8) is 0 Å². The first-order valence-corrected chi connectivity index (χ1v) is 7.48. The number of nitrogens with zero attached hydrogens (tertiary/aromatic N) is 1. The van der Waals surface area contributed by atoms with Gasteiger partial charge < -0.3 is 5.32 Å². The highest BCUT2D eigenvalue weighted by molar-refractivity contribution is 5.85. The van der Waals surface area contributed by atoms with E-state index in [4.69, 9.17) is 0 Å². The Morgan fingerprint density at radius 2 is 1.95 bits per heavy atom. The number of hydrogen-bond acceptors (Lipinski definition) is 2. The minimum atomic E-state index is -0.141. The maximum absolute atomic E-state index is 13.1. The zero-order chi connectivity index (χ0) is 13.2. The van der Waals surface area contributed by atoms with E-state index >= 15 is 0 Å². The van der Waals surface area contributed by atoms with E-state index in [0.717, 1.165) is 18.3 Å². The Morgan fingerprint density at radius 1 is 1.25 bits per heavy atom. The predicted octanol–water partition coefficient (Wildman–Crippen LogP) is 3.24. The van der Waals surface area contributed by atoms with Crippen LogP contribution in [0.15, 0.2) is 24.3 Å². The first-order valence-electron chi connectivity index (χ1n) is 7.48. The molecular formula is C16H24ClFN2. The number of piperidine rings is 1. The fourth-order valence-corrected chi connectivity index (χ4v) is 3.74. The van der Waals surface area contributed by atoms with Gasteiger partial charge in [0.15, 0.2) is 0 Å². The van der Waals surface area contributed by atoms with Crippen molar-refractivity contribution < 1.29 is 4.39 Å². The number of nitrogens with one attached hydrogen (secondary N) is 1. The molecule has 2 aliphatic heterocycles. The summed E-state index contributed by atoms with van der Waals surface area (Å²) in [4.78, 5) is 2.60. The Morgan fingerprint density at radius 3 is 2.65 bits per heavy atom. The van der Waals surface area contributed by atoms with Crippen LogP contribution in [-0.2, 0) is 0 Å². The van der Waals surface area contributed by atoms with Gasteiger partial charge in [-0.1, -0.05) is 19.1 Å². The van der Waals surface area contributed by atoms with E-state index in [1.54, 1.807) is 12.1 Å². The van der Waals surface area contributed by atoms with Crippen LogP contribution in [0, 0.1) is 17.7 Å². The number of rotatable bonds is 3. The second-order valence-corrected chi connectivity index (χ2v) is 5.94. The molecule has 0 aliphatic carbocycles. The van der Waals surface area contributed by atoms with Crippen LogP contribution < -0.4 is 5.32 Å². The van der Waals surface area contributed by atoms with Gasteiger partial charge in [0.25, 0.3) is 0 Å². The monoisotopic (exact) mass is 298 g/mol. The molecule has 4 heteroatoms.